The molecule has 1 unspecified atom stereocenters. The van der Waals surface area contributed by atoms with E-state index in [4.69, 9.17) is 0 Å². The second-order valence-electron chi connectivity index (χ2n) is 5.27. The molecule has 0 N–H and O–H groups in total. The summed E-state index contributed by atoms with van der Waals surface area (Å²) in [5.74, 6) is -1.38. The molecule has 2 aromatic carbocycles. The molecule has 2 nitrogen and oxygen atoms in total. The van der Waals surface area contributed by atoms with Crippen LogP contribution in [0.5, 0.6) is 0 Å². The Hall–Kier alpha value is -1.95. The van der Waals surface area contributed by atoms with Crippen LogP contribution in [0.25, 0.3) is 0 Å². The van der Waals surface area contributed by atoms with Crippen molar-refractivity contribution in [3.63, 3.8) is 0 Å². The van der Waals surface area contributed by atoms with Crippen LogP contribution < -0.4 is 0 Å². The maximum absolute atomic E-state index is 12.9. The zero-order chi connectivity index (χ0) is 16.4. The SMILES string of the molecule is O=C(N1Cc2ccccc2C1CSc1ccccc1)C(F)(F)F. The second kappa shape index (κ2) is 6.28. The van der Waals surface area contributed by atoms with E-state index in [0.29, 0.717) is 5.75 Å². The first-order valence-electron chi connectivity index (χ1n) is 7.10. The Morgan fingerprint density at radius 3 is 2.43 bits per heavy atom. The average Bonchev–Trinajstić information content (AvgIpc) is 2.90. The second-order valence-corrected chi connectivity index (χ2v) is 6.36. The summed E-state index contributed by atoms with van der Waals surface area (Å²) < 4.78 is 38.6. The molecule has 1 atom stereocenters. The van der Waals surface area contributed by atoms with E-state index in [1.807, 2.05) is 30.3 Å². The molecule has 0 aliphatic carbocycles. The first-order chi connectivity index (χ1) is 11.0. The predicted molar refractivity (Wildman–Crippen MR) is 83.0 cm³/mol. The number of alkyl halides is 3. The zero-order valence-electron chi connectivity index (χ0n) is 12.1. The van der Waals surface area contributed by atoms with Gasteiger partial charge in [-0.1, -0.05) is 42.5 Å². The molecule has 0 saturated heterocycles. The molecular weight excluding hydrogens is 323 g/mol. The van der Waals surface area contributed by atoms with Crippen LogP contribution in [0.1, 0.15) is 17.2 Å². The maximum atomic E-state index is 12.9. The number of benzene rings is 2. The standard InChI is InChI=1S/C17H14F3NOS/c18-17(19,20)16(22)21-10-12-6-4-5-9-14(12)15(21)11-23-13-7-2-1-3-8-13/h1-9,15H,10-11H2. The lowest BCUT2D eigenvalue weighted by molar-refractivity contribution is -0.187. The number of carbonyl (C=O) groups is 1. The van der Waals surface area contributed by atoms with E-state index in [9.17, 15) is 18.0 Å². The number of amides is 1. The number of halogens is 3. The number of thioether (sulfide) groups is 1. The van der Waals surface area contributed by atoms with Gasteiger partial charge in [-0.15, -0.1) is 11.8 Å². The van der Waals surface area contributed by atoms with Gasteiger partial charge in [0.1, 0.15) is 0 Å². The van der Waals surface area contributed by atoms with Gasteiger partial charge < -0.3 is 4.90 Å². The van der Waals surface area contributed by atoms with Crippen LogP contribution >= 0.6 is 11.8 Å². The van der Waals surface area contributed by atoms with Crippen LogP contribution in [0, 0.1) is 0 Å². The van der Waals surface area contributed by atoms with E-state index in [2.05, 4.69) is 0 Å². The van der Waals surface area contributed by atoms with Crippen LogP contribution in [-0.4, -0.2) is 22.7 Å². The Morgan fingerprint density at radius 1 is 1.09 bits per heavy atom. The number of nitrogens with zero attached hydrogens (tertiary/aromatic N) is 1. The van der Waals surface area contributed by atoms with Crippen molar-refractivity contribution in [1.29, 1.82) is 0 Å². The van der Waals surface area contributed by atoms with Crippen LogP contribution in [0.4, 0.5) is 13.2 Å². The fourth-order valence-electron chi connectivity index (χ4n) is 2.71. The summed E-state index contributed by atoms with van der Waals surface area (Å²) >= 11 is 1.45. The van der Waals surface area contributed by atoms with Crippen molar-refractivity contribution in [2.24, 2.45) is 0 Å². The van der Waals surface area contributed by atoms with Gasteiger partial charge in [0.05, 0.1) is 6.04 Å². The lowest BCUT2D eigenvalue weighted by Gasteiger charge is -2.26. The molecule has 0 spiro atoms. The molecule has 1 aliphatic rings. The summed E-state index contributed by atoms with van der Waals surface area (Å²) in [7, 11) is 0. The van der Waals surface area contributed by atoms with E-state index in [1.54, 1.807) is 24.3 Å². The summed E-state index contributed by atoms with van der Waals surface area (Å²) in [6.07, 6.45) is -4.85. The van der Waals surface area contributed by atoms with Gasteiger partial charge in [0.15, 0.2) is 0 Å². The first kappa shape index (κ1) is 15.9. The third-order valence-electron chi connectivity index (χ3n) is 3.79. The van der Waals surface area contributed by atoms with Crippen molar-refractivity contribution in [3.8, 4) is 0 Å². The minimum absolute atomic E-state index is 0.00847. The van der Waals surface area contributed by atoms with Crippen molar-refractivity contribution in [1.82, 2.24) is 4.90 Å². The Kier molecular flexibility index (Phi) is 4.35. The molecule has 6 heteroatoms. The number of carbonyl (C=O) groups excluding carboxylic acids is 1. The van der Waals surface area contributed by atoms with Crippen LogP contribution in [0.2, 0.25) is 0 Å². The minimum atomic E-state index is -4.85. The molecule has 0 fully saturated rings. The van der Waals surface area contributed by atoms with Gasteiger partial charge >= 0.3 is 12.1 Å². The summed E-state index contributed by atoms with van der Waals surface area (Å²) in [6, 6.07) is 16.0. The summed E-state index contributed by atoms with van der Waals surface area (Å²) in [4.78, 5) is 13.6. The van der Waals surface area contributed by atoms with Crippen LogP contribution in [-0.2, 0) is 11.3 Å². The molecule has 1 aliphatic heterocycles. The smallest absolute Gasteiger partial charge is 0.323 e. The Labute approximate surface area is 136 Å². The third kappa shape index (κ3) is 3.37. The predicted octanol–water partition coefficient (Wildman–Crippen LogP) is 4.42. The number of fused-ring (bicyclic) bond motifs is 1. The molecule has 0 aromatic heterocycles. The van der Waals surface area contributed by atoms with E-state index in [1.165, 1.54) is 11.8 Å². The molecular formula is C17H14F3NOS. The monoisotopic (exact) mass is 337 g/mol. The lowest BCUT2D eigenvalue weighted by Crippen LogP contribution is -2.40. The quantitative estimate of drug-likeness (QED) is 0.773. The van der Waals surface area contributed by atoms with Gasteiger partial charge in [0.2, 0.25) is 0 Å². The summed E-state index contributed by atoms with van der Waals surface area (Å²) in [6.45, 7) is 0.00847. The highest BCUT2D eigenvalue weighted by molar-refractivity contribution is 7.99. The van der Waals surface area contributed by atoms with Crippen LogP contribution in [0.3, 0.4) is 0 Å². The molecule has 1 amide bonds. The number of rotatable bonds is 3. The van der Waals surface area contributed by atoms with Crippen molar-refractivity contribution in [2.75, 3.05) is 5.75 Å². The average molecular weight is 337 g/mol. The van der Waals surface area contributed by atoms with Crippen molar-refractivity contribution < 1.29 is 18.0 Å². The Morgan fingerprint density at radius 2 is 1.74 bits per heavy atom. The maximum Gasteiger partial charge on any atom is 0.471 e. The van der Waals surface area contributed by atoms with Gasteiger partial charge in [-0.2, -0.15) is 13.2 Å². The van der Waals surface area contributed by atoms with Crippen molar-refractivity contribution in [2.45, 2.75) is 23.7 Å². The minimum Gasteiger partial charge on any atom is -0.323 e. The summed E-state index contributed by atoms with van der Waals surface area (Å²) in [5, 5.41) is 0. The van der Waals surface area contributed by atoms with E-state index < -0.39 is 18.1 Å². The fraction of sp³-hybridized carbons (Fsp3) is 0.235. The molecule has 120 valence electrons. The largest absolute Gasteiger partial charge is 0.471 e. The van der Waals surface area contributed by atoms with Gasteiger partial charge in [-0.05, 0) is 23.3 Å². The molecule has 0 bridgehead atoms. The molecule has 23 heavy (non-hydrogen) atoms. The van der Waals surface area contributed by atoms with E-state index >= 15 is 0 Å². The van der Waals surface area contributed by atoms with E-state index in [-0.39, 0.29) is 6.54 Å². The lowest BCUT2D eigenvalue weighted by atomic mass is 10.1. The molecule has 2 aromatic rings. The molecule has 3 rings (SSSR count). The summed E-state index contributed by atoms with van der Waals surface area (Å²) in [5.41, 5.74) is 1.58. The van der Waals surface area contributed by atoms with Gasteiger partial charge in [-0.25, -0.2) is 0 Å². The van der Waals surface area contributed by atoms with Crippen molar-refractivity contribution >= 4 is 17.7 Å². The normalized spacial score (nSPS) is 17.2. The topological polar surface area (TPSA) is 20.3 Å². The van der Waals surface area contributed by atoms with Gasteiger partial charge in [-0.3, -0.25) is 4.79 Å². The highest BCUT2D eigenvalue weighted by Crippen LogP contribution is 2.39. The Balaban J connectivity index is 1.84. The molecule has 0 radical (unpaired) electrons. The highest BCUT2D eigenvalue weighted by Gasteiger charge is 2.47. The Bertz CT molecular complexity index is 702. The molecule has 1 heterocycles. The highest BCUT2D eigenvalue weighted by atomic mass is 32.2. The molecule has 0 saturated carbocycles. The fourth-order valence-corrected chi connectivity index (χ4v) is 3.77. The first-order valence-corrected chi connectivity index (χ1v) is 8.09. The third-order valence-corrected chi connectivity index (χ3v) is 4.87. The van der Waals surface area contributed by atoms with E-state index in [0.717, 1.165) is 20.9 Å². The van der Waals surface area contributed by atoms with Crippen molar-refractivity contribution in [3.05, 3.63) is 65.7 Å². The van der Waals surface area contributed by atoms with Gasteiger partial charge in [0.25, 0.3) is 0 Å². The zero-order valence-corrected chi connectivity index (χ0v) is 12.9. The number of hydrogen-bond donors (Lipinski definition) is 0. The number of hydrogen-bond acceptors (Lipinski definition) is 2. The van der Waals surface area contributed by atoms with Crippen LogP contribution in [0.15, 0.2) is 59.5 Å². The van der Waals surface area contributed by atoms with Gasteiger partial charge in [0, 0.05) is 17.2 Å².